The summed E-state index contributed by atoms with van der Waals surface area (Å²) in [5.41, 5.74) is 2.83. The van der Waals surface area contributed by atoms with Gasteiger partial charge >= 0.3 is 0 Å². The first-order valence-corrected chi connectivity index (χ1v) is 11.5. The molecule has 4 aromatic rings. The molecule has 0 bridgehead atoms. The molecule has 0 saturated heterocycles. The third kappa shape index (κ3) is 5.11. The number of fused-ring (bicyclic) bond motifs is 1. The quantitative estimate of drug-likeness (QED) is 0.312. The van der Waals surface area contributed by atoms with Crippen molar-refractivity contribution in [2.45, 2.75) is 11.8 Å². The SMILES string of the molecule is CCNS(=O)(=O)c1ccc2c(/N=N/c3ccc(/N=N/c4ccccc4)cc3)cccc2c1. The van der Waals surface area contributed by atoms with Gasteiger partial charge in [-0.3, -0.25) is 0 Å². The van der Waals surface area contributed by atoms with Gasteiger partial charge in [-0.1, -0.05) is 43.3 Å². The zero-order valence-corrected chi connectivity index (χ0v) is 18.2. The number of rotatable bonds is 7. The molecule has 7 nitrogen and oxygen atoms in total. The Hall–Kier alpha value is -3.75. The minimum absolute atomic E-state index is 0.223. The highest BCUT2D eigenvalue weighted by molar-refractivity contribution is 7.89. The lowest BCUT2D eigenvalue weighted by Crippen LogP contribution is -2.22. The molecule has 8 heteroatoms. The largest absolute Gasteiger partial charge is 0.240 e. The lowest BCUT2D eigenvalue weighted by molar-refractivity contribution is 0.584. The van der Waals surface area contributed by atoms with Crippen molar-refractivity contribution >= 4 is 43.5 Å². The Bertz CT molecular complexity index is 1380. The fraction of sp³-hybridized carbons (Fsp3) is 0.0833. The first-order chi connectivity index (χ1) is 15.5. The average Bonchev–Trinajstić information content (AvgIpc) is 2.82. The Labute approximate surface area is 186 Å². The number of nitrogens with one attached hydrogen (secondary N) is 1. The number of azo groups is 2. The van der Waals surface area contributed by atoms with Crippen molar-refractivity contribution < 1.29 is 8.42 Å². The van der Waals surface area contributed by atoms with Gasteiger partial charge in [0, 0.05) is 11.9 Å². The minimum Gasteiger partial charge on any atom is -0.211 e. The van der Waals surface area contributed by atoms with E-state index in [-0.39, 0.29) is 4.90 Å². The van der Waals surface area contributed by atoms with Crippen LogP contribution in [0.4, 0.5) is 22.7 Å². The molecule has 0 aliphatic carbocycles. The lowest BCUT2D eigenvalue weighted by Gasteiger charge is -2.07. The zero-order chi connectivity index (χ0) is 22.4. The molecule has 0 spiro atoms. The number of benzene rings is 4. The van der Waals surface area contributed by atoms with E-state index in [9.17, 15) is 8.42 Å². The molecule has 4 aromatic carbocycles. The van der Waals surface area contributed by atoms with Crippen LogP contribution in [0.25, 0.3) is 10.8 Å². The van der Waals surface area contributed by atoms with Gasteiger partial charge < -0.3 is 0 Å². The predicted octanol–water partition coefficient (Wildman–Crippen LogP) is 6.97. The van der Waals surface area contributed by atoms with Crippen LogP contribution in [-0.2, 0) is 10.0 Å². The first kappa shape index (κ1) is 21.5. The Morgan fingerprint density at radius 3 is 1.97 bits per heavy atom. The van der Waals surface area contributed by atoms with Gasteiger partial charge in [-0.05, 0) is 60.0 Å². The standard InChI is InChI=1S/C24H21N5O2S/c1-2-25-32(30,31)22-15-16-23-18(17-22)7-6-10-24(23)29-28-21-13-11-20(12-14-21)27-26-19-8-4-3-5-9-19/h3-17,25H,2H2,1H3/b27-26+,29-28+. The molecular formula is C24H21N5O2S. The summed E-state index contributed by atoms with van der Waals surface area (Å²) in [6.07, 6.45) is 0. The van der Waals surface area contributed by atoms with E-state index in [2.05, 4.69) is 25.2 Å². The van der Waals surface area contributed by atoms with Crippen LogP contribution in [0.5, 0.6) is 0 Å². The van der Waals surface area contributed by atoms with Crippen LogP contribution in [0.1, 0.15) is 6.92 Å². The topological polar surface area (TPSA) is 95.6 Å². The van der Waals surface area contributed by atoms with E-state index < -0.39 is 10.0 Å². The second-order valence-corrected chi connectivity index (χ2v) is 8.68. The van der Waals surface area contributed by atoms with Crippen molar-refractivity contribution in [1.29, 1.82) is 0 Å². The van der Waals surface area contributed by atoms with Crippen molar-refractivity contribution in [3.63, 3.8) is 0 Å². The van der Waals surface area contributed by atoms with Gasteiger partial charge in [-0.25, -0.2) is 13.1 Å². The number of hydrogen-bond donors (Lipinski definition) is 1. The Morgan fingerprint density at radius 1 is 0.688 bits per heavy atom. The van der Waals surface area contributed by atoms with Gasteiger partial charge in [0.05, 0.1) is 27.6 Å². The molecule has 0 aliphatic rings. The van der Waals surface area contributed by atoms with Gasteiger partial charge in [0.15, 0.2) is 0 Å². The summed E-state index contributed by atoms with van der Waals surface area (Å²) in [5.74, 6) is 0. The monoisotopic (exact) mass is 443 g/mol. The van der Waals surface area contributed by atoms with Gasteiger partial charge in [0.1, 0.15) is 0 Å². The molecule has 160 valence electrons. The highest BCUT2D eigenvalue weighted by Crippen LogP contribution is 2.30. The average molecular weight is 444 g/mol. The molecule has 32 heavy (non-hydrogen) atoms. The number of hydrogen-bond acceptors (Lipinski definition) is 6. The van der Waals surface area contributed by atoms with Crippen LogP contribution >= 0.6 is 0 Å². The molecule has 0 saturated carbocycles. The highest BCUT2D eigenvalue weighted by Gasteiger charge is 2.13. The second kappa shape index (κ2) is 9.59. The Kier molecular flexibility index (Phi) is 6.44. The summed E-state index contributed by atoms with van der Waals surface area (Å²) in [6, 6.07) is 27.3. The third-order valence-corrected chi connectivity index (χ3v) is 6.18. The fourth-order valence-electron chi connectivity index (χ4n) is 3.08. The van der Waals surface area contributed by atoms with E-state index in [1.165, 1.54) is 0 Å². The summed E-state index contributed by atoms with van der Waals surface area (Å²) in [5, 5.41) is 18.7. The molecule has 0 heterocycles. The van der Waals surface area contributed by atoms with E-state index in [1.54, 1.807) is 25.1 Å². The van der Waals surface area contributed by atoms with Crippen LogP contribution in [0.2, 0.25) is 0 Å². The van der Waals surface area contributed by atoms with E-state index in [4.69, 9.17) is 0 Å². The van der Waals surface area contributed by atoms with E-state index >= 15 is 0 Å². The molecule has 1 N–H and O–H groups in total. The van der Waals surface area contributed by atoms with Gasteiger partial charge in [-0.2, -0.15) is 15.3 Å². The van der Waals surface area contributed by atoms with Crippen LogP contribution < -0.4 is 4.72 Å². The highest BCUT2D eigenvalue weighted by atomic mass is 32.2. The maximum Gasteiger partial charge on any atom is 0.240 e. The summed E-state index contributed by atoms with van der Waals surface area (Å²) in [4.78, 5) is 0.223. The number of nitrogens with zero attached hydrogens (tertiary/aromatic N) is 4. The fourth-order valence-corrected chi connectivity index (χ4v) is 4.16. The second-order valence-electron chi connectivity index (χ2n) is 6.91. The molecule has 0 radical (unpaired) electrons. The van der Waals surface area contributed by atoms with Gasteiger partial charge in [0.2, 0.25) is 10.0 Å². The van der Waals surface area contributed by atoms with Crippen molar-refractivity contribution in [3.05, 3.63) is 91.0 Å². The van der Waals surface area contributed by atoms with Gasteiger partial charge in [-0.15, -0.1) is 5.11 Å². The summed E-state index contributed by atoms with van der Waals surface area (Å²) in [7, 11) is -3.52. The van der Waals surface area contributed by atoms with Crippen LogP contribution in [0.15, 0.2) is 116 Å². The molecule has 0 aliphatic heterocycles. The normalized spacial score (nSPS) is 12.2. The van der Waals surface area contributed by atoms with Crippen molar-refractivity contribution in [3.8, 4) is 0 Å². The van der Waals surface area contributed by atoms with E-state index in [0.29, 0.717) is 23.6 Å². The zero-order valence-electron chi connectivity index (χ0n) is 17.4. The Balaban J connectivity index is 1.54. The minimum atomic E-state index is -3.52. The molecule has 0 atom stereocenters. The van der Waals surface area contributed by atoms with E-state index in [0.717, 1.165) is 16.5 Å². The van der Waals surface area contributed by atoms with Crippen LogP contribution in [0, 0.1) is 0 Å². The predicted molar refractivity (Wildman–Crippen MR) is 126 cm³/mol. The van der Waals surface area contributed by atoms with Crippen LogP contribution in [-0.4, -0.2) is 15.0 Å². The third-order valence-electron chi connectivity index (χ3n) is 4.63. The summed E-state index contributed by atoms with van der Waals surface area (Å²) >= 11 is 0. The van der Waals surface area contributed by atoms with E-state index in [1.807, 2.05) is 72.8 Å². The van der Waals surface area contributed by atoms with Gasteiger partial charge in [0.25, 0.3) is 0 Å². The molecule has 0 amide bonds. The maximum atomic E-state index is 12.3. The first-order valence-electron chi connectivity index (χ1n) is 10.1. The molecule has 4 rings (SSSR count). The number of sulfonamides is 1. The smallest absolute Gasteiger partial charge is 0.211 e. The van der Waals surface area contributed by atoms with Crippen molar-refractivity contribution in [1.82, 2.24) is 4.72 Å². The Morgan fingerprint density at radius 2 is 1.31 bits per heavy atom. The molecule has 0 aromatic heterocycles. The lowest BCUT2D eigenvalue weighted by atomic mass is 10.1. The summed E-state index contributed by atoms with van der Waals surface area (Å²) < 4.78 is 27.0. The van der Waals surface area contributed by atoms with Crippen LogP contribution in [0.3, 0.4) is 0 Å². The summed E-state index contributed by atoms with van der Waals surface area (Å²) in [6.45, 7) is 2.08. The molecular weight excluding hydrogens is 422 g/mol. The van der Waals surface area contributed by atoms with Crippen molar-refractivity contribution in [2.24, 2.45) is 20.5 Å². The maximum absolute atomic E-state index is 12.3. The molecule has 0 fully saturated rings. The van der Waals surface area contributed by atoms with Crippen molar-refractivity contribution in [2.75, 3.05) is 6.54 Å². The molecule has 0 unspecified atom stereocenters.